The molecule has 96 valence electrons. The van der Waals surface area contributed by atoms with Gasteiger partial charge in [-0.25, -0.2) is 0 Å². The molecular formula is C15H21N3. The fourth-order valence-electron chi connectivity index (χ4n) is 2.36. The van der Waals surface area contributed by atoms with E-state index in [4.69, 9.17) is 5.73 Å². The smallest absolute Gasteiger partial charge is 0.0951 e. The first-order valence-corrected chi connectivity index (χ1v) is 6.47. The van der Waals surface area contributed by atoms with Crippen molar-refractivity contribution in [2.24, 2.45) is 5.92 Å². The molecule has 1 aromatic carbocycles. The number of hydrogen-bond donors (Lipinski definition) is 2. The SMILES string of the molecule is CC(C)CC(C)Nc1ccnc2c(N)cccc12. The molecule has 2 aromatic rings. The zero-order valence-corrected chi connectivity index (χ0v) is 11.3. The van der Waals surface area contributed by atoms with Gasteiger partial charge in [-0.15, -0.1) is 0 Å². The predicted molar refractivity (Wildman–Crippen MR) is 78.7 cm³/mol. The van der Waals surface area contributed by atoms with Crippen LogP contribution in [0.3, 0.4) is 0 Å². The highest BCUT2D eigenvalue weighted by molar-refractivity contribution is 5.97. The summed E-state index contributed by atoms with van der Waals surface area (Å²) >= 11 is 0. The first-order chi connectivity index (χ1) is 8.58. The Morgan fingerprint density at radius 1 is 1.22 bits per heavy atom. The molecule has 1 heterocycles. The van der Waals surface area contributed by atoms with Crippen molar-refractivity contribution in [1.29, 1.82) is 0 Å². The Morgan fingerprint density at radius 3 is 2.72 bits per heavy atom. The normalized spacial score (nSPS) is 12.9. The first kappa shape index (κ1) is 12.7. The Kier molecular flexibility index (Phi) is 3.70. The van der Waals surface area contributed by atoms with Gasteiger partial charge in [0.2, 0.25) is 0 Å². The van der Waals surface area contributed by atoms with Crippen LogP contribution in [0, 0.1) is 5.92 Å². The number of aromatic nitrogens is 1. The van der Waals surface area contributed by atoms with E-state index in [-0.39, 0.29) is 0 Å². The molecule has 0 aliphatic carbocycles. The summed E-state index contributed by atoms with van der Waals surface area (Å²) in [7, 11) is 0. The van der Waals surface area contributed by atoms with Crippen LogP contribution < -0.4 is 11.1 Å². The van der Waals surface area contributed by atoms with E-state index in [1.807, 2.05) is 24.4 Å². The molecule has 2 rings (SSSR count). The van der Waals surface area contributed by atoms with Crippen LogP contribution in [0.1, 0.15) is 27.2 Å². The van der Waals surface area contributed by atoms with Gasteiger partial charge in [0.05, 0.1) is 11.2 Å². The van der Waals surface area contributed by atoms with E-state index in [1.54, 1.807) is 0 Å². The molecule has 3 nitrogen and oxygen atoms in total. The number of fused-ring (bicyclic) bond motifs is 1. The average molecular weight is 243 g/mol. The number of nitrogens with two attached hydrogens (primary N) is 1. The summed E-state index contributed by atoms with van der Waals surface area (Å²) in [6.45, 7) is 6.68. The van der Waals surface area contributed by atoms with Crippen LogP contribution in [0.15, 0.2) is 30.5 Å². The molecule has 3 heteroatoms. The van der Waals surface area contributed by atoms with E-state index in [9.17, 15) is 0 Å². The molecule has 0 radical (unpaired) electrons. The quantitative estimate of drug-likeness (QED) is 0.806. The molecule has 0 spiro atoms. The molecule has 0 aliphatic heterocycles. The van der Waals surface area contributed by atoms with Crippen LogP contribution in [0.2, 0.25) is 0 Å². The maximum Gasteiger partial charge on any atom is 0.0951 e. The van der Waals surface area contributed by atoms with E-state index in [0.717, 1.165) is 28.7 Å². The van der Waals surface area contributed by atoms with Gasteiger partial charge in [0.15, 0.2) is 0 Å². The van der Waals surface area contributed by atoms with Crippen LogP contribution in [0.25, 0.3) is 10.9 Å². The number of anilines is 2. The lowest BCUT2D eigenvalue weighted by atomic mass is 10.0. The average Bonchev–Trinajstić information content (AvgIpc) is 2.29. The minimum atomic E-state index is 0.442. The lowest BCUT2D eigenvalue weighted by molar-refractivity contribution is 0.540. The summed E-state index contributed by atoms with van der Waals surface area (Å²) in [5, 5.41) is 4.64. The first-order valence-electron chi connectivity index (χ1n) is 6.47. The number of rotatable bonds is 4. The summed E-state index contributed by atoms with van der Waals surface area (Å²) in [5.74, 6) is 0.686. The maximum atomic E-state index is 5.95. The van der Waals surface area contributed by atoms with E-state index >= 15 is 0 Å². The number of hydrogen-bond acceptors (Lipinski definition) is 3. The predicted octanol–water partition coefficient (Wildman–Crippen LogP) is 3.66. The number of para-hydroxylation sites is 1. The molecule has 18 heavy (non-hydrogen) atoms. The lowest BCUT2D eigenvalue weighted by Gasteiger charge is -2.18. The highest BCUT2D eigenvalue weighted by atomic mass is 14.9. The zero-order chi connectivity index (χ0) is 13.1. The van der Waals surface area contributed by atoms with Gasteiger partial charge in [0.25, 0.3) is 0 Å². The molecule has 0 saturated carbocycles. The molecule has 0 aliphatic rings. The summed E-state index contributed by atoms with van der Waals surface area (Å²) in [6.07, 6.45) is 2.95. The highest BCUT2D eigenvalue weighted by Crippen LogP contribution is 2.26. The zero-order valence-electron chi connectivity index (χ0n) is 11.3. The van der Waals surface area contributed by atoms with Crippen molar-refractivity contribution < 1.29 is 0 Å². The minimum Gasteiger partial charge on any atom is -0.397 e. The third-order valence-electron chi connectivity index (χ3n) is 3.03. The van der Waals surface area contributed by atoms with Gasteiger partial charge in [0.1, 0.15) is 0 Å². The fourth-order valence-corrected chi connectivity index (χ4v) is 2.36. The summed E-state index contributed by atoms with van der Waals surface area (Å²) < 4.78 is 0. The van der Waals surface area contributed by atoms with Gasteiger partial charge in [-0.3, -0.25) is 4.98 Å². The molecule has 3 N–H and O–H groups in total. The Bertz CT molecular complexity index is 534. The van der Waals surface area contributed by atoms with Gasteiger partial charge in [-0.05, 0) is 31.4 Å². The summed E-state index contributed by atoms with van der Waals surface area (Å²) in [5.41, 5.74) is 8.66. The monoisotopic (exact) mass is 243 g/mol. The number of nitrogens with one attached hydrogen (secondary N) is 1. The van der Waals surface area contributed by atoms with Gasteiger partial charge < -0.3 is 11.1 Å². The molecule has 0 fully saturated rings. The Balaban J connectivity index is 2.31. The minimum absolute atomic E-state index is 0.442. The van der Waals surface area contributed by atoms with E-state index in [0.29, 0.717) is 12.0 Å². The second kappa shape index (κ2) is 5.25. The summed E-state index contributed by atoms with van der Waals surface area (Å²) in [4.78, 5) is 4.34. The van der Waals surface area contributed by atoms with Crippen LogP contribution in [0.5, 0.6) is 0 Å². The van der Waals surface area contributed by atoms with Crippen LogP contribution in [-0.4, -0.2) is 11.0 Å². The summed E-state index contributed by atoms with van der Waals surface area (Å²) in [6, 6.07) is 8.37. The number of nitrogen functional groups attached to an aromatic ring is 1. The van der Waals surface area contributed by atoms with Crippen LogP contribution >= 0.6 is 0 Å². The molecule has 0 saturated heterocycles. The number of pyridine rings is 1. The molecule has 1 unspecified atom stereocenters. The molecular weight excluding hydrogens is 222 g/mol. The second-order valence-corrected chi connectivity index (χ2v) is 5.28. The van der Waals surface area contributed by atoms with E-state index < -0.39 is 0 Å². The topological polar surface area (TPSA) is 50.9 Å². The highest BCUT2D eigenvalue weighted by Gasteiger charge is 2.08. The van der Waals surface area contributed by atoms with Gasteiger partial charge in [-0.2, -0.15) is 0 Å². The number of nitrogens with zero attached hydrogens (tertiary/aromatic N) is 1. The van der Waals surface area contributed by atoms with Crippen molar-refractivity contribution in [3.8, 4) is 0 Å². The molecule has 0 bridgehead atoms. The third-order valence-corrected chi connectivity index (χ3v) is 3.03. The number of benzene rings is 1. The molecule has 1 atom stereocenters. The second-order valence-electron chi connectivity index (χ2n) is 5.28. The van der Waals surface area contributed by atoms with Crippen LogP contribution in [-0.2, 0) is 0 Å². The third kappa shape index (κ3) is 2.73. The standard InChI is InChI=1S/C15H21N3/c1-10(2)9-11(3)18-14-7-8-17-15-12(14)5-4-6-13(15)16/h4-8,10-11H,9,16H2,1-3H3,(H,17,18). The van der Waals surface area contributed by atoms with Crippen molar-refractivity contribution in [2.45, 2.75) is 33.2 Å². The van der Waals surface area contributed by atoms with Crippen molar-refractivity contribution in [3.63, 3.8) is 0 Å². The lowest BCUT2D eigenvalue weighted by Crippen LogP contribution is -2.17. The van der Waals surface area contributed by atoms with Crippen molar-refractivity contribution in [2.75, 3.05) is 11.1 Å². The van der Waals surface area contributed by atoms with Gasteiger partial charge in [0, 0.05) is 23.3 Å². The largest absolute Gasteiger partial charge is 0.397 e. The van der Waals surface area contributed by atoms with Crippen molar-refractivity contribution >= 4 is 22.3 Å². The molecule has 0 amide bonds. The van der Waals surface area contributed by atoms with Crippen LogP contribution in [0.4, 0.5) is 11.4 Å². The van der Waals surface area contributed by atoms with E-state index in [1.165, 1.54) is 0 Å². The van der Waals surface area contributed by atoms with Gasteiger partial charge >= 0.3 is 0 Å². The van der Waals surface area contributed by atoms with E-state index in [2.05, 4.69) is 37.1 Å². The van der Waals surface area contributed by atoms with Gasteiger partial charge in [-0.1, -0.05) is 26.0 Å². The van der Waals surface area contributed by atoms with Crippen molar-refractivity contribution in [1.82, 2.24) is 4.98 Å². The Hall–Kier alpha value is -1.77. The Labute approximate surface area is 108 Å². The fraction of sp³-hybridized carbons (Fsp3) is 0.400. The molecule has 1 aromatic heterocycles. The maximum absolute atomic E-state index is 5.95. The van der Waals surface area contributed by atoms with Crippen molar-refractivity contribution in [3.05, 3.63) is 30.5 Å². The Morgan fingerprint density at radius 2 is 2.00 bits per heavy atom.